The van der Waals surface area contributed by atoms with Crippen LogP contribution in [0.25, 0.3) is 10.9 Å². The Labute approximate surface area is 138 Å². The first-order valence-electron chi connectivity index (χ1n) is 7.64. The van der Waals surface area contributed by atoms with E-state index < -0.39 is 6.03 Å². The zero-order chi connectivity index (χ0) is 17.1. The normalized spacial score (nSPS) is 11.9. The summed E-state index contributed by atoms with van der Waals surface area (Å²) in [5, 5.41) is 5.96. The van der Waals surface area contributed by atoms with Crippen LogP contribution in [-0.4, -0.2) is 16.0 Å². The second kappa shape index (κ2) is 6.54. The van der Waals surface area contributed by atoms with Crippen molar-refractivity contribution in [2.75, 3.05) is 5.32 Å². The first kappa shape index (κ1) is 15.7. The van der Waals surface area contributed by atoms with Gasteiger partial charge in [-0.1, -0.05) is 12.1 Å². The molecule has 1 unspecified atom stereocenters. The van der Waals surface area contributed by atoms with E-state index >= 15 is 0 Å². The number of para-hydroxylation sites is 1. The first-order valence-corrected chi connectivity index (χ1v) is 7.64. The average Bonchev–Trinajstić information content (AvgIpc) is 2.58. The lowest BCUT2D eigenvalue weighted by Gasteiger charge is -2.15. The van der Waals surface area contributed by atoms with Crippen molar-refractivity contribution in [2.24, 2.45) is 0 Å². The molecule has 1 atom stereocenters. The Balaban J connectivity index is 1.79. The van der Waals surface area contributed by atoms with Gasteiger partial charge in [-0.05, 0) is 43.2 Å². The average molecular weight is 322 g/mol. The summed E-state index contributed by atoms with van der Waals surface area (Å²) in [5.74, 6) is 0. The van der Waals surface area contributed by atoms with Gasteiger partial charge in [-0.3, -0.25) is 9.78 Å². The summed E-state index contributed by atoms with van der Waals surface area (Å²) in [5.41, 5.74) is 2.69. The number of urea groups is 1. The van der Waals surface area contributed by atoms with E-state index in [1.807, 2.05) is 38.1 Å². The first-order chi connectivity index (χ1) is 11.6. The summed E-state index contributed by atoms with van der Waals surface area (Å²) in [6, 6.07) is 8.51. The quantitative estimate of drug-likeness (QED) is 0.692. The Kier molecular flexibility index (Phi) is 4.29. The third kappa shape index (κ3) is 3.12. The highest BCUT2D eigenvalue weighted by Crippen LogP contribution is 2.15. The molecule has 2 heterocycles. The van der Waals surface area contributed by atoms with Crippen LogP contribution in [0.5, 0.6) is 0 Å². The van der Waals surface area contributed by atoms with Gasteiger partial charge in [-0.25, -0.2) is 4.79 Å². The SMILES string of the molecule is Cc1cccc2c(=O)c(NC(=O)NC(C)c3ccncc3)c[nH]c12. The standard InChI is InChI=1S/C18H18N4O2/c1-11-4-3-5-14-16(11)20-10-15(17(14)23)22-18(24)21-12(2)13-6-8-19-9-7-13/h3-10,12H,1-2H3,(H,20,23)(H2,21,22,24). The van der Waals surface area contributed by atoms with Crippen molar-refractivity contribution >= 4 is 22.6 Å². The van der Waals surface area contributed by atoms with E-state index in [1.54, 1.807) is 18.5 Å². The molecule has 3 rings (SSSR count). The highest BCUT2D eigenvalue weighted by atomic mass is 16.2. The van der Waals surface area contributed by atoms with Gasteiger partial charge in [-0.15, -0.1) is 0 Å². The van der Waals surface area contributed by atoms with Crippen LogP contribution in [0, 0.1) is 6.92 Å². The van der Waals surface area contributed by atoms with Crippen LogP contribution in [0.15, 0.2) is 53.7 Å². The number of hydrogen-bond acceptors (Lipinski definition) is 3. The Bertz CT molecular complexity index is 935. The van der Waals surface area contributed by atoms with Crippen LogP contribution in [-0.2, 0) is 0 Å². The van der Waals surface area contributed by atoms with Crippen molar-refractivity contribution in [1.29, 1.82) is 0 Å². The molecule has 24 heavy (non-hydrogen) atoms. The van der Waals surface area contributed by atoms with Gasteiger partial charge in [0.05, 0.1) is 11.6 Å². The highest BCUT2D eigenvalue weighted by molar-refractivity contribution is 5.92. The predicted octanol–water partition coefficient (Wildman–Crippen LogP) is 3.11. The van der Waals surface area contributed by atoms with Crippen LogP contribution in [0.2, 0.25) is 0 Å². The Morgan fingerprint density at radius 2 is 1.96 bits per heavy atom. The Morgan fingerprint density at radius 3 is 2.71 bits per heavy atom. The maximum Gasteiger partial charge on any atom is 0.319 e. The van der Waals surface area contributed by atoms with Gasteiger partial charge in [-0.2, -0.15) is 0 Å². The zero-order valence-electron chi connectivity index (χ0n) is 13.5. The highest BCUT2D eigenvalue weighted by Gasteiger charge is 2.12. The fourth-order valence-corrected chi connectivity index (χ4v) is 2.59. The minimum Gasteiger partial charge on any atom is -0.359 e. The minimum absolute atomic E-state index is 0.199. The number of anilines is 1. The minimum atomic E-state index is -0.434. The van der Waals surface area contributed by atoms with Crippen LogP contribution in [0.1, 0.15) is 24.1 Å². The lowest BCUT2D eigenvalue weighted by atomic mass is 10.1. The van der Waals surface area contributed by atoms with Gasteiger partial charge in [0, 0.05) is 24.0 Å². The number of aromatic amines is 1. The molecule has 3 N–H and O–H groups in total. The van der Waals surface area contributed by atoms with Crippen molar-refractivity contribution in [2.45, 2.75) is 19.9 Å². The molecular formula is C18H18N4O2. The Hall–Kier alpha value is -3.15. The number of fused-ring (bicyclic) bond motifs is 1. The summed E-state index contributed by atoms with van der Waals surface area (Å²) < 4.78 is 0. The summed E-state index contributed by atoms with van der Waals surface area (Å²) in [7, 11) is 0. The molecule has 6 nitrogen and oxygen atoms in total. The second-order valence-corrected chi connectivity index (χ2v) is 5.63. The van der Waals surface area contributed by atoms with E-state index in [1.165, 1.54) is 6.20 Å². The molecule has 0 aliphatic heterocycles. The fourth-order valence-electron chi connectivity index (χ4n) is 2.59. The van der Waals surface area contributed by atoms with Crippen molar-refractivity contribution in [3.05, 3.63) is 70.3 Å². The number of carbonyl (C=O) groups excluding carboxylic acids is 1. The summed E-state index contributed by atoms with van der Waals surface area (Å²) >= 11 is 0. The van der Waals surface area contributed by atoms with E-state index in [2.05, 4.69) is 20.6 Å². The number of aryl methyl sites for hydroxylation is 1. The van der Waals surface area contributed by atoms with Gasteiger partial charge in [0.2, 0.25) is 5.43 Å². The number of nitrogens with zero attached hydrogens (tertiary/aromatic N) is 1. The molecule has 3 aromatic rings. The summed E-state index contributed by atoms with van der Waals surface area (Å²) in [4.78, 5) is 31.7. The van der Waals surface area contributed by atoms with Crippen molar-refractivity contribution in [3.8, 4) is 0 Å². The van der Waals surface area contributed by atoms with Crippen LogP contribution in [0.4, 0.5) is 10.5 Å². The van der Waals surface area contributed by atoms with Crippen LogP contribution >= 0.6 is 0 Å². The molecule has 1 aromatic carbocycles. The van der Waals surface area contributed by atoms with Gasteiger partial charge >= 0.3 is 6.03 Å². The molecule has 2 aromatic heterocycles. The van der Waals surface area contributed by atoms with Crippen molar-refractivity contribution in [3.63, 3.8) is 0 Å². The number of amides is 2. The van der Waals surface area contributed by atoms with Crippen molar-refractivity contribution < 1.29 is 4.79 Å². The predicted molar refractivity (Wildman–Crippen MR) is 94.1 cm³/mol. The number of carbonyl (C=O) groups is 1. The van der Waals surface area contributed by atoms with Gasteiger partial charge in [0.25, 0.3) is 0 Å². The lowest BCUT2D eigenvalue weighted by molar-refractivity contribution is 0.249. The van der Waals surface area contributed by atoms with E-state index in [0.717, 1.165) is 16.6 Å². The molecule has 0 aliphatic rings. The number of pyridine rings is 2. The van der Waals surface area contributed by atoms with E-state index in [0.29, 0.717) is 5.39 Å². The number of benzene rings is 1. The molecule has 122 valence electrons. The van der Waals surface area contributed by atoms with Crippen molar-refractivity contribution in [1.82, 2.24) is 15.3 Å². The third-order valence-electron chi connectivity index (χ3n) is 3.92. The van der Waals surface area contributed by atoms with Gasteiger partial charge < -0.3 is 15.6 Å². The monoisotopic (exact) mass is 322 g/mol. The number of aromatic nitrogens is 2. The third-order valence-corrected chi connectivity index (χ3v) is 3.92. The fraction of sp³-hybridized carbons (Fsp3) is 0.167. The molecule has 2 amide bonds. The number of nitrogens with one attached hydrogen (secondary N) is 3. The molecule has 0 spiro atoms. The molecule has 0 radical (unpaired) electrons. The smallest absolute Gasteiger partial charge is 0.319 e. The largest absolute Gasteiger partial charge is 0.359 e. The number of hydrogen-bond donors (Lipinski definition) is 3. The number of rotatable bonds is 3. The zero-order valence-corrected chi connectivity index (χ0v) is 13.5. The van der Waals surface area contributed by atoms with Gasteiger partial charge in [0.15, 0.2) is 0 Å². The molecule has 0 saturated carbocycles. The summed E-state index contributed by atoms with van der Waals surface area (Å²) in [6.45, 7) is 3.79. The van der Waals surface area contributed by atoms with E-state index in [9.17, 15) is 9.59 Å². The molecule has 0 fully saturated rings. The van der Waals surface area contributed by atoms with Crippen LogP contribution < -0.4 is 16.1 Å². The molecule has 6 heteroatoms. The van der Waals surface area contributed by atoms with Gasteiger partial charge in [0.1, 0.15) is 5.69 Å². The second-order valence-electron chi connectivity index (χ2n) is 5.63. The molecule has 0 saturated heterocycles. The van der Waals surface area contributed by atoms with E-state index in [4.69, 9.17) is 0 Å². The number of H-pyrrole nitrogens is 1. The van der Waals surface area contributed by atoms with Crippen LogP contribution in [0.3, 0.4) is 0 Å². The molecule has 0 aliphatic carbocycles. The molecule has 0 bridgehead atoms. The topological polar surface area (TPSA) is 86.9 Å². The molecular weight excluding hydrogens is 304 g/mol. The summed E-state index contributed by atoms with van der Waals surface area (Å²) in [6.07, 6.45) is 4.86. The maximum atomic E-state index is 12.5. The van der Waals surface area contributed by atoms with E-state index in [-0.39, 0.29) is 17.2 Å². The maximum absolute atomic E-state index is 12.5. The lowest BCUT2D eigenvalue weighted by Crippen LogP contribution is -2.32. The Morgan fingerprint density at radius 1 is 1.21 bits per heavy atom.